The van der Waals surface area contributed by atoms with Crippen molar-refractivity contribution < 1.29 is 18.3 Å². The maximum absolute atomic E-state index is 13.6. The van der Waals surface area contributed by atoms with Crippen LogP contribution in [0.5, 0.6) is 5.75 Å². The lowest BCUT2D eigenvalue weighted by Gasteiger charge is -2.16. The molecule has 3 rings (SSSR count). The Balaban J connectivity index is 1.62. The summed E-state index contributed by atoms with van der Waals surface area (Å²) in [7, 11) is 0. The topological polar surface area (TPSA) is 56.2 Å². The van der Waals surface area contributed by atoms with Crippen molar-refractivity contribution in [3.05, 3.63) is 47.3 Å². The predicted octanol–water partition coefficient (Wildman–Crippen LogP) is 3.89. The highest BCUT2D eigenvalue weighted by Gasteiger charge is 2.32. The molecule has 1 aliphatic rings. The summed E-state index contributed by atoms with van der Waals surface area (Å²) in [6.45, 7) is 6.86. The Morgan fingerprint density at radius 2 is 2.07 bits per heavy atom. The molecule has 1 amide bonds. The Labute approximate surface area is 157 Å². The zero-order valence-corrected chi connectivity index (χ0v) is 15.8. The van der Waals surface area contributed by atoms with Crippen LogP contribution in [0.1, 0.15) is 55.6 Å². The SMILES string of the molecule is CC(C)Cn1ncc(C(=O)N[C@@H](C)COc2ccc(F)cc2F)c1C1CC1. The zero-order chi connectivity index (χ0) is 19.6. The van der Waals surface area contributed by atoms with Crippen LogP contribution in [0.4, 0.5) is 8.78 Å². The molecule has 1 fully saturated rings. The molecule has 7 heteroatoms. The van der Waals surface area contributed by atoms with E-state index in [0.29, 0.717) is 17.4 Å². The average Bonchev–Trinajstić information content (AvgIpc) is 3.34. The van der Waals surface area contributed by atoms with E-state index in [0.717, 1.165) is 37.2 Å². The molecule has 0 spiro atoms. The largest absolute Gasteiger partial charge is 0.488 e. The van der Waals surface area contributed by atoms with Crippen molar-refractivity contribution in [3.63, 3.8) is 0 Å². The van der Waals surface area contributed by atoms with Gasteiger partial charge in [-0.05, 0) is 37.8 Å². The van der Waals surface area contributed by atoms with Crippen LogP contribution < -0.4 is 10.1 Å². The van der Waals surface area contributed by atoms with Gasteiger partial charge in [0.2, 0.25) is 0 Å². The molecule has 2 aromatic rings. The minimum Gasteiger partial charge on any atom is -0.488 e. The van der Waals surface area contributed by atoms with E-state index in [4.69, 9.17) is 4.74 Å². The van der Waals surface area contributed by atoms with Gasteiger partial charge < -0.3 is 10.1 Å². The third-order valence-electron chi connectivity index (χ3n) is 4.39. The van der Waals surface area contributed by atoms with E-state index in [2.05, 4.69) is 24.3 Å². The fraction of sp³-hybridized carbons (Fsp3) is 0.500. The Kier molecular flexibility index (Phi) is 5.77. The average molecular weight is 377 g/mol. The molecule has 1 saturated carbocycles. The van der Waals surface area contributed by atoms with Gasteiger partial charge in [0.05, 0.1) is 23.5 Å². The molecular formula is C20H25F2N3O2. The summed E-state index contributed by atoms with van der Waals surface area (Å²) in [4.78, 5) is 12.7. The van der Waals surface area contributed by atoms with Crippen molar-refractivity contribution in [2.75, 3.05) is 6.61 Å². The van der Waals surface area contributed by atoms with Crippen molar-refractivity contribution >= 4 is 5.91 Å². The lowest BCUT2D eigenvalue weighted by Crippen LogP contribution is -2.37. The molecule has 5 nitrogen and oxygen atoms in total. The minimum atomic E-state index is -0.764. The molecular weight excluding hydrogens is 352 g/mol. The molecule has 146 valence electrons. The van der Waals surface area contributed by atoms with E-state index in [1.807, 2.05) is 4.68 Å². The lowest BCUT2D eigenvalue weighted by atomic mass is 10.1. The van der Waals surface area contributed by atoms with Crippen molar-refractivity contribution in [3.8, 4) is 5.75 Å². The summed E-state index contributed by atoms with van der Waals surface area (Å²) in [6, 6.07) is 2.79. The fourth-order valence-electron chi connectivity index (χ4n) is 3.00. The number of nitrogens with one attached hydrogen (secondary N) is 1. The Hall–Kier alpha value is -2.44. The van der Waals surface area contributed by atoms with Crippen LogP contribution in [0.2, 0.25) is 0 Å². The van der Waals surface area contributed by atoms with Crippen molar-refractivity contribution in [1.29, 1.82) is 0 Å². The van der Waals surface area contributed by atoms with Gasteiger partial charge in [0.15, 0.2) is 11.6 Å². The fourth-order valence-corrected chi connectivity index (χ4v) is 3.00. The number of carbonyl (C=O) groups excluding carboxylic acids is 1. The Bertz CT molecular complexity index is 816. The van der Waals surface area contributed by atoms with E-state index in [-0.39, 0.29) is 24.3 Å². The highest BCUT2D eigenvalue weighted by atomic mass is 19.1. The van der Waals surface area contributed by atoms with Crippen LogP contribution in [0.15, 0.2) is 24.4 Å². The molecule has 1 N–H and O–H groups in total. The van der Waals surface area contributed by atoms with Crippen LogP contribution >= 0.6 is 0 Å². The maximum Gasteiger partial charge on any atom is 0.255 e. The van der Waals surface area contributed by atoms with Crippen LogP contribution in [0, 0.1) is 17.6 Å². The first-order valence-corrected chi connectivity index (χ1v) is 9.29. The van der Waals surface area contributed by atoms with Crippen LogP contribution in [-0.2, 0) is 6.54 Å². The van der Waals surface area contributed by atoms with Crippen molar-refractivity contribution in [2.45, 2.75) is 52.1 Å². The second kappa shape index (κ2) is 8.06. The standard InChI is InChI=1S/C20H25F2N3O2/c1-12(2)10-25-19(14-4-5-14)16(9-23-25)20(26)24-13(3)11-27-18-7-6-15(21)8-17(18)22/h6-9,12-14H,4-5,10-11H2,1-3H3,(H,24,26)/t13-/m0/s1. The van der Waals surface area contributed by atoms with E-state index < -0.39 is 11.6 Å². The van der Waals surface area contributed by atoms with E-state index in [9.17, 15) is 13.6 Å². The van der Waals surface area contributed by atoms with Gasteiger partial charge in [-0.3, -0.25) is 9.48 Å². The molecule has 0 unspecified atom stereocenters. The highest BCUT2D eigenvalue weighted by molar-refractivity contribution is 5.95. The molecule has 0 aliphatic heterocycles. The number of amides is 1. The Morgan fingerprint density at radius 1 is 1.33 bits per heavy atom. The van der Waals surface area contributed by atoms with Gasteiger partial charge >= 0.3 is 0 Å². The second-order valence-electron chi connectivity index (χ2n) is 7.55. The van der Waals surface area contributed by atoms with Gasteiger partial charge in [0.25, 0.3) is 5.91 Å². The monoisotopic (exact) mass is 377 g/mol. The van der Waals surface area contributed by atoms with Gasteiger partial charge in [-0.15, -0.1) is 0 Å². The van der Waals surface area contributed by atoms with Crippen LogP contribution in [0.3, 0.4) is 0 Å². The van der Waals surface area contributed by atoms with Gasteiger partial charge in [-0.25, -0.2) is 8.78 Å². The maximum atomic E-state index is 13.6. The predicted molar refractivity (Wildman–Crippen MR) is 97.8 cm³/mol. The number of hydrogen-bond donors (Lipinski definition) is 1. The smallest absolute Gasteiger partial charge is 0.255 e. The number of rotatable bonds is 8. The normalized spacial score (nSPS) is 15.0. The molecule has 0 saturated heterocycles. The Morgan fingerprint density at radius 3 is 2.70 bits per heavy atom. The molecule has 1 aromatic heterocycles. The van der Waals surface area contributed by atoms with Crippen LogP contribution in [0.25, 0.3) is 0 Å². The first kappa shape index (κ1) is 19.3. The summed E-state index contributed by atoms with van der Waals surface area (Å²) in [5.74, 6) is -0.835. The number of benzene rings is 1. The van der Waals surface area contributed by atoms with E-state index in [1.54, 1.807) is 13.1 Å². The van der Waals surface area contributed by atoms with Gasteiger partial charge in [-0.2, -0.15) is 5.10 Å². The molecule has 1 aromatic carbocycles. The first-order chi connectivity index (χ1) is 12.8. The van der Waals surface area contributed by atoms with E-state index in [1.165, 1.54) is 6.07 Å². The zero-order valence-electron chi connectivity index (χ0n) is 15.8. The summed E-state index contributed by atoms with van der Waals surface area (Å²) < 4.78 is 33.9. The third-order valence-corrected chi connectivity index (χ3v) is 4.39. The molecule has 0 radical (unpaired) electrons. The summed E-state index contributed by atoms with van der Waals surface area (Å²) >= 11 is 0. The number of nitrogens with zero attached hydrogens (tertiary/aromatic N) is 2. The molecule has 1 aliphatic carbocycles. The summed E-state index contributed by atoms with van der Waals surface area (Å²) in [6.07, 6.45) is 3.78. The van der Waals surface area contributed by atoms with Crippen molar-refractivity contribution in [1.82, 2.24) is 15.1 Å². The number of ether oxygens (including phenoxy) is 1. The third kappa shape index (κ3) is 4.84. The minimum absolute atomic E-state index is 0.0408. The van der Waals surface area contributed by atoms with Crippen LogP contribution in [-0.4, -0.2) is 28.3 Å². The number of carbonyl (C=O) groups is 1. The van der Waals surface area contributed by atoms with Crippen molar-refractivity contribution in [2.24, 2.45) is 5.92 Å². The summed E-state index contributed by atoms with van der Waals surface area (Å²) in [5, 5.41) is 7.27. The first-order valence-electron chi connectivity index (χ1n) is 9.29. The molecule has 0 bridgehead atoms. The molecule has 1 atom stereocenters. The number of halogens is 2. The quantitative estimate of drug-likeness (QED) is 0.759. The summed E-state index contributed by atoms with van der Waals surface area (Å²) in [5.41, 5.74) is 1.59. The number of hydrogen-bond acceptors (Lipinski definition) is 3. The van der Waals surface area contributed by atoms with Gasteiger partial charge in [0.1, 0.15) is 12.4 Å². The lowest BCUT2D eigenvalue weighted by molar-refractivity contribution is 0.0925. The highest BCUT2D eigenvalue weighted by Crippen LogP contribution is 2.41. The molecule has 1 heterocycles. The van der Waals surface area contributed by atoms with Gasteiger partial charge in [0, 0.05) is 18.5 Å². The van der Waals surface area contributed by atoms with Gasteiger partial charge in [-0.1, -0.05) is 13.8 Å². The number of aromatic nitrogens is 2. The van der Waals surface area contributed by atoms with E-state index >= 15 is 0 Å². The molecule has 27 heavy (non-hydrogen) atoms. The second-order valence-corrected chi connectivity index (χ2v) is 7.55.